The number of piperidine rings is 1. The lowest BCUT2D eigenvalue weighted by atomic mass is 10.1. The molecule has 0 aliphatic carbocycles. The molecule has 1 amide bonds. The third-order valence-electron chi connectivity index (χ3n) is 3.65. The Bertz CT molecular complexity index is 658. The van der Waals surface area contributed by atoms with Crippen LogP contribution in [0.4, 0.5) is 0 Å². The van der Waals surface area contributed by atoms with Crippen molar-refractivity contribution in [1.82, 2.24) is 14.7 Å². The van der Waals surface area contributed by atoms with Gasteiger partial charge in [0.15, 0.2) is 0 Å². The first-order chi connectivity index (χ1) is 10.1. The van der Waals surface area contributed by atoms with Gasteiger partial charge in [0.25, 0.3) is 5.91 Å². The maximum atomic E-state index is 12.4. The van der Waals surface area contributed by atoms with Crippen LogP contribution >= 0.6 is 24.0 Å². The number of hydrogen-bond donors (Lipinski definition) is 1. The summed E-state index contributed by atoms with van der Waals surface area (Å²) in [7, 11) is 0. The summed E-state index contributed by atoms with van der Waals surface area (Å²) in [5.74, 6) is -0.0153. The molecule has 1 fully saturated rings. The zero-order valence-corrected chi connectivity index (χ0v) is 13.6. The lowest BCUT2D eigenvalue weighted by Crippen LogP contribution is -2.45. The zero-order valence-electron chi connectivity index (χ0n) is 12.0. The number of amides is 1. The molecule has 5 nitrogen and oxygen atoms in total. The van der Waals surface area contributed by atoms with Crippen molar-refractivity contribution < 1.29 is 4.79 Å². The van der Waals surface area contributed by atoms with E-state index in [1.165, 1.54) is 0 Å². The largest absolute Gasteiger partial charge is 0.337 e. The molecule has 118 valence electrons. The van der Waals surface area contributed by atoms with E-state index in [0.717, 1.165) is 25.1 Å². The fourth-order valence-corrected chi connectivity index (χ4v) is 2.75. The van der Waals surface area contributed by atoms with E-state index in [2.05, 4.69) is 5.10 Å². The predicted octanol–water partition coefficient (Wildman–Crippen LogP) is 2.51. The van der Waals surface area contributed by atoms with Crippen LogP contribution < -0.4 is 5.73 Å². The highest BCUT2D eigenvalue weighted by atomic mass is 35.5. The highest BCUT2D eigenvalue weighted by Gasteiger charge is 2.23. The lowest BCUT2D eigenvalue weighted by molar-refractivity contribution is 0.0709. The van der Waals surface area contributed by atoms with Gasteiger partial charge in [-0.25, -0.2) is 4.68 Å². The molecule has 22 heavy (non-hydrogen) atoms. The Kier molecular flexibility index (Phi) is 5.45. The van der Waals surface area contributed by atoms with Crippen LogP contribution in [0.3, 0.4) is 0 Å². The van der Waals surface area contributed by atoms with Gasteiger partial charge in [-0.3, -0.25) is 4.79 Å². The molecular weight excluding hydrogens is 323 g/mol. The molecule has 1 aromatic carbocycles. The predicted molar refractivity (Wildman–Crippen MR) is 88.9 cm³/mol. The Hall–Kier alpha value is -1.56. The molecule has 0 radical (unpaired) electrons. The molecular formula is C15H18Cl2N4O. The number of nitrogens with zero attached hydrogens (tertiary/aromatic N) is 3. The van der Waals surface area contributed by atoms with E-state index < -0.39 is 0 Å². The van der Waals surface area contributed by atoms with Crippen molar-refractivity contribution in [3.05, 3.63) is 47.2 Å². The summed E-state index contributed by atoms with van der Waals surface area (Å²) in [5.41, 5.74) is 7.33. The minimum absolute atomic E-state index is 0. The Morgan fingerprint density at radius 1 is 1.41 bits per heavy atom. The average Bonchev–Trinajstić information content (AvgIpc) is 2.96. The topological polar surface area (TPSA) is 64.2 Å². The number of benzene rings is 1. The Labute approximate surface area is 140 Å². The molecule has 2 heterocycles. The summed E-state index contributed by atoms with van der Waals surface area (Å²) in [4.78, 5) is 14.2. The molecule has 1 atom stereocenters. The molecule has 2 N–H and O–H groups in total. The molecule has 7 heteroatoms. The van der Waals surface area contributed by atoms with Crippen LogP contribution in [0.5, 0.6) is 0 Å². The van der Waals surface area contributed by atoms with Crippen LogP contribution in [-0.4, -0.2) is 39.7 Å². The molecule has 2 aromatic rings. The second-order valence-corrected chi connectivity index (χ2v) is 5.74. The van der Waals surface area contributed by atoms with Crippen LogP contribution in [0.1, 0.15) is 23.2 Å². The molecule has 1 aliphatic rings. The van der Waals surface area contributed by atoms with Crippen molar-refractivity contribution in [2.24, 2.45) is 5.73 Å². The van der Waals surface area contributed by atoms with E-state index in [0.29, 0.717) is 17.1 Å². The normalized spacial score (nSPS) is 17.9. The van der Waals surface area contributed by atoms with Crippen molar-refractivity contribution in [1.29, 1.82) is 0 Å². The molecule has 0 saturated carbocycles. The molecule has 1 aromatic heterocycles. The van der Waals surface area contributed by atoms with Gasteiger partial charge in [0.1, 0.15) is 0 Å². The molecule has 3 rings (SSSR count). The third-order valence-corrected chi connectivity index (χ3v) is 3.88. The number of aromatic nitrogens is 2. The number of rotatable bonds is 2. The molecule has 1 unspecified atom stereocenters. The van der Waals surface area contributed by atoms with Crippen molar-refractivity contribution >= 4 is 29.9 Å². The number of halogens is 2. The molecule has 1 aliphatic heterocycles. The van der Waals surface area contributed by atoms with Gasteiger partial charge in [-0.05, 0) is 31.0 Å². The van der Waals surface area contributed by atoms with Crippen LogP contribution in [0.15, 0.2) is 36.7 Å². The quantitative estimate of drug-likeness (QED) is 0.913. The van der Waals surface area contributed by atoms with E-state index in [1.807, 2.05) is 12.1 Å². The number of carbonyl (C=O) groups excluding carboxylic acids is 1. The van der Waals surface area contributed by atoms with E-state index in [4.69, 9.17) is 17.3 Å². The summed E-state index contributed by atoms with van der Waals surface area (Å²) in [5, 5.41) is 4.88. The maximum Gasteiger partial charge on any atom is 0.257 e. The van der Waals surface area contributed by atoms with Gasteiger partial charge < -0.3 is 10.6 Å². The van der Waals surface area contributed by atoms with Gasteiger partial charge >= 0.3 is 0 Å². The third kappa shape index (κ3) is 3.61. The summed E-state index contributed by atoms with van der Waals surface area (Å²) < 4.78 is 1.66. The first-order valence-electron chi connectivity index (χ1n) is 6.99. The Balaban J connectivity index is 0.00000176. The summed E-state index contributed by atoms with van der Waals surface area (Å²) in [6.45, 7) is 1.37. The summed E-state index contributed by atoms with van der Waals surface area (Å²) in [6, 6.07) is 7.43. The van der Waals surface area contributed by atoms with Gasteiger partial charge in [-0.15, -0.1) is 12.4 Å². The monoisotopic (exact) mass is 340 g/mol. The van der Waals surface area contributed by atoms with E-state index in [9.17, 15) is 4.79 Å². The maximum absolute atomic E-state index is 12.4. The highest BCUT2D eigenvalue weighted by Crippen LogP contribution is 2.16. The van der Waals surface area contributed by atoms with Crippen LogP contribution in [0.2, 0.25) is 5.02 Å². The fraction of sp³-hybridized carbons (Fsp3) is 0.333. The minimum Gasteiger partial charge on any atom is -0.337 e. The average molecular weight is 341 g/mol. The van der Waals surface area contributed by atoms with E-state index in [-0.39, 0.29) is 24.4 Å². The van der Waals surface area contributed by atoms with Crippen molar-refractivity contribution in [2.45, 2.75) is 18.9 Å². The van der Waals surface area contributed by atoms with Crippen molar-refractivity contribution in [2.75, 3.05) is 13.1 Å². The molecule has 1 saturated heterocycles. The second-order valence-electron chi connectivity index (χ2n) is 5.31. The van der Waals surface area contributed by atoms with Gasteiger partial charge in [0.05, 0.1) is 17.4 Å². The number of likely N-dealkylation sites (tertiary alicyclic amines) is 1. The molecule has 0 spiro atoms. The number of hydrogen-bond acceptors (Lipinski definition) is 3. The number of nitrogens with two attached hydrogens (primary N) is 1. The Morgan fingerprint density at radius 2 is 2.23 bits per heavy atom. The van der Waals surface area contributed by atoms with Crippen LogP contribution in [0, 0.1) is 0 Å². The zero-order chi connectivity index (χ0) is 14.8. The minimum atomic E-state index is -0.0153. The summed E-state index contributed by atoms with van der Waals surface area (Å²) in [6.07, 6.45) is 5.25. The fourth-order valence-electron chi connectivity index (χ4n) is 2.57. The SMILES string of the molecule is Cl.NC1CCCN(C(=O)c2cnn(-c3cccc(Cl)c3)c2)C1. The van der Waals surface area contributed by atoms with Crippen molar-refractivity contribution in [3.63, 3.8) is 0 Å². The van der Waals surface area contributed by atoms with Gasteiger partial charge in [-0.2, -0.15) is 5.10 Å². The molecule has 0 bridgehead atoms. The van der Waals surface area contributed by atoms with E-state index in [1.54, 1.807) is 34.1 Å². The lowest BCUT2D eigenvalue weighted by Gasteiger charge is -2.30. The first-order valence-corrected chi connectivity index (χ1v) is 7.37. The van der Waals surface area contributed by atoms with Gasteiger partial charge in [-0.1, -0.05) is 17.7 Å². The van der Waals surface area contributed by atoms with Crippen LogP contribution in [0.25, 0.3) is 5.69 Å². The Morgan fingerprint density at radius 3 is 2.95 bits per heavy atom. The smallest absolute Gasteiger partial charge is 0.257 e. The van der Waals surface area contributed by atoms with Gasteiger partial charge in [0.2, 0.25) is 0 Å². The number of carbonyl (C=O) groups is 1. The summed E-state index contributed by atoms with van der Waals surface area (Å²) >= 11 is 5.97. The van der Waals surface area contributed by atoms with Crippen molar-refractivity contribution in [3.8, 4) is 5.69 Å². The first kappa shape index (κ1) is 16.8. The highest BCUT2D eigenvalue weighted by molar-refractivity contribution is 6.30. The van der Waals surface area contributed by atoms with Crippen LogP contribution in [-0.2, 0) is 0 Å². The van der Waals surface area contributed by atoms with E-state index >= 15 is 0 Å². The standard InChI is InChI=1S/C15H17ClN4O.ClH/c16-12-3-1-5-14(7-12)20-9-11(8-18-20)15(21)19-6-2-4-13(17)10-19;/h1,3,5,7-9,13H,2,4,6,10,17H2;1H. The van der Waals surface area contributed by atoms with Gasteiger partial charge in [0, 0.05) is 30.4 Å². The second kappa shape index (κ2) is 7.13.